The van der Waals surface area contributed by atoms with E-state index in [0.29, 0.717) is 15.8 Å². The van der Waals surface area contributed by atoms with Crippen LogP contribution in [0, 0.1) is 27.7 Å². The molecule has 0 N–H and O–H groups in total. The Morgan fingerprint density at radius 1 is 0.966 bits per heavy atom. The van der Waals surface area contributed by atoms with Gasteiger partial charge in [0.25, 0.3) is 5.56 Å². The highest BCUT2D eigenvalue weighted by molar-refractivity contribution is 7.17. The van der Waals surface area contributed by atoms with Crippen molar-refractivity contribution in [3.63, 3.8) is 0 Å². The van der Waals surface area contributed by atoms with Crippen LogP contribution in [0.1, 0.15) is 32.6 Å². The number of aryl methyl sites for hydroxylation is 4. The summed E-state index contributed by atoms with van der Waals surface area (Å²) < 4.78 is 1.41. The van der Waals surface area contributed by atoms with Gasteiger partial charge >= 0.3 is 0 Å². The van der Waals surface area contributed by atoms with Crippen LogP contribution in [-0.2, 0) is 6.54 Å². The van der Waals surface area contributed by atoms with Crippen molar-refractivity contribution < 1.29 is 4.79 Å². The van der Waals surface area contributed by atoms with Crippen molar-refractivity contribution in [3.8, 4) is 11.1 Å². The van der Waals surface area contributed by atoms with Gasteiger partial charge in [-0.3, -0.25) is 14.2 Å². The Morgan fingerprint density at radius 2 is 1.66 bits per heavy atom. The van der Waals surface area contributed by atoms with Gasteiger partial charge in [-0.05, 0) is 61.6 Å². The Balaban J connectivity index is 1.75. The monoisotopic (exact) mass is 402 g/mol. The minimum Gasteiger partial charge on any atom is -0.292 e. The van der Waals surface area contributed by atoms with Gasteiger partial charge in [0.1, 0.15) is 4.83 Å². The van der Waals surface area contributed by atoms with Gasteiger partial charge < -0.3 is 0 Å². The Kier molecular flexibility index (Phi) is 4.92. The lowest BCUT2D eigenvalue weighted by molar-refractivity contribution is 0.0970. The first-order valence-corrected chi connectivity index (χ1v) is 10.4. The summed E-state index contributed by atoms with van der Waals surface area (Å²) in [5.74, 6) is -0.0979. The summed E-state index contributed by atoms with van der Waals surface area (Å²) >= 11 is 1.45. The van der Waals surface area contributed by atoms with Crippen LogP contribution in [0.4, 0.5) is 0 Å². The topological polar surface area (TPSA) is 52.0 Å². The number of aromatic nitrogens is 2. The molecule has 5 heteroatoms. The molecule has 0 fully saturated rings. The van der Waals surface area contributed by atoms with Crippen LogP contribution in [0.25, 0.3) is 21.3 Å². The highest BCUT2D eigenvalue weighted by atomic mass is 32.1. The van der Waals surface area contributed by atoms with Crippen LogP contribution >= 0.6 is 11.3 Å². The van der Waals surface area contributed by atoms with E-state index in [-0.39, 0.29) is 17.9 Å². The van der Waals surface area contributed by atoms with Crippen LogP contribution in [0.15, 0.2) is 52.9 Å². The Bertz CT molecular complexity index is 1310. The summed E-state index contributed by atoms with van der Waals surface area (Å²) in [6.45, 7) is 8.10. The van der Waals surface area contributed by atoms with Crippen LogP contribution < -0.4 is 5.56 Å². The van der Waals surface area contributed by atoms with Crippen molar-refractivity contribution in [2.24, 2.45) is 0 Å². The van der Waals surface area contributed by atoms with Gasteiger partial charge in [0, 0.05) is 16.5 Å². The number of ketones is 1. The molecule has 0 saturated carbocycles. The van der Waals surface area contributed by atoms with Crippen molar-refractivity contribution in [1.29, 1.82) is 0 Å². The molecule has 0 atom stereocenters. The summed E-state index contributed by atoms with van der Waals surface area (Å²) in [5, 5.41) is 2.55. The predicted octanol–water partition coefficient (Wildman–Crippen LogP) is 5.24. The third-order valence-electron chi connectivity index (χ3n) is 5.52. The van der Waals surface area contributed by atoms with Crippen molar-refractivity contribution in [3.05, 3.63) is 86.3 Å². The highest BCUT2D eigenvalue weighted by Gasteiger charge is 2.16. The fourth-order valence-electron chi connectivity index (χ4n) is 3.36. The molecule has 0 bridgehead atoms. The zero-order chi connectivity index (χ0) is 20.7. The molecule has 0 aliphatic heterocycles. The number of nitrogens with zero attached hydrogens (tertiary/aromatic N) is 2. The molecular formula is C24H22N2O2S. The molecule has 146 valence electrons. The molecule has 2 aromatic heterocycles. The second kappa shape index (κ2) is 7.41. The molecule has 29 heavy (non-hydrogen) atoms. The van der Waals surface area contributed by atoms with Crippen molar-refractivity contribution >= 4 is 27.3 Å². The normalized spacial score (nSPS) is 11.2. The molecule has 4 rings (SSSR count). The Labute approximate surface area is 173 Å². The van der Waals surface area contributed by atoms with Gasteiger partial charge in [-0.25, -0.2) is 4.98 Å². The second-order valence-corrected chi connectivity index (χ2v) is 8.39. The van der Waals surface area contributed by atoms with Gasteiger partial charge in [-0.1, -0.05) is 30.3 Å². The molecule has 4 aromatic rings. The van der Waals surface area contributed by atoms with Crippen LogP contribution in [0.5, 0.6) is 0 Å². The van der Waals surface area contributed by atoms with Crippen LogP contribution in [0.3, 0.4) is 0 Å². The number of fused-ring (bicyclic) bond motifs is 1. The molecular weight excluding hydrogens is 380 g/mol. The van der Waals surface area contributed by atoms with Gasteiger partial charge in [0.15, 0.2) is 5.78 Å². The van der Waals surface area contributed by atoms with E-state index in [1.165, 1.54) is 33.4 Å². The summed E-state index contributed by atoms with van der Waals surface area (Å²) in [6.07, 6.45) is 1.48. The molecule has 2 heterocycles. The van der Waals surface area contributed by atoms with Gasteiger partial charge in [0.05, 0.1) is 18.3 Å². The molecule has 0 aliphatic rings. The first-order chi connectivity index (χ1) is 13.8. The second-order valence-electron chi connectivity index (χ2n) is 7.53. The van der Waals surface area contributed by atoms with Crippen LogP contribution in [0.2, 0.25) is 0 Å². The number of thiophene rings is 1. The quantitative estimate of drug-likeness (QED) is 0.439. The lowest BCUT2D eigenvalue weighted by Gasteiger charge is -2.08. The number of hydrogen-bond donors (Lipinski definition) is 0. The largest absolute Gasteiger partial charge is 0.292 e. The van der Waals surface area contributed by atoms with Gasteiger partial charge in [-0.15, -0.1) is 11.3 Å². The molecule has 0 saturated heterocycles. The molecule has 0 unspecified atom stereocenters. The number of Topliss-reactive ketones (excluding diaryl/α,β-unsaturated/α-hetero) is 1. The molecule has 2 aromatic carbocycles. The van der Waals surface area contributed by atoms with E-state index in [2.05, 4.69) is 31.0 Å². The number of carbonyl (C=O) groups is 1. The standard InChI is InChI=1S/C24H22N2O2S/c1-14-5-7-18(9-16(14)3)20-12-29-23-22(20)24(28)26(13-25-23)11-21(27)19-8-6-15(2)17(4)10-19/h5-10,12-13H,11H2,1-4H3. The minimum atomic E-state index is -0.179. The Hall–Kier alpha value is -3.05. The number of hydrogen-bond acceptors (Lipinski definition) is 4. The smallest absolute Gasteiger partial charge is 0.263 e. The van der Waals surface area contributed by atoms with E-state index in [9.17, 15) is 9.59 Å². The van der Waals surface area contributed by atoms with E-state index in [1.807, 2.05) is 43.5 Å². The molecule has 0 amide bonds. The summed E-state index contributed by atoms with van der Waals surface area (Å²) in [5.41, 5.74) is 6.89. The van der Waals surface area contributed by atoms with E-state index in [1.54, 1.807) is 0 Å². The third kappa shape index (κ3) is 3.54. The van der Waals surface area contributed by atoms with E-state index < -0.39 is 0 Å². The highest BCUT2D eigenvalue weighted by Crippen LogP contribution is 2.31. The zero-order valence-electron chi connectivity index (χ0n) is 16.9. The van der Waals surface area contributed by atoms with E-state index in [4.69, 9.17) is 0 Å². The average Bonchev–Trinajstić information content (AvgIpc) is 3.13. The number of rotatable bonds is 4. The maximum absolute atomic E-state index is 13.2. The molecule has 0 spiro atoms. The van der Waals surface area contributed by atoms with E-state index >= 15 is 0 Å². The maximum Gasteiger partial charge on any atom is 0.263 e. The zero-order valence-corrected chi connectivity index (χ0v) is 17.8. The first-order valence-electron chi connectivity index (χ1n) is 9.50. The fourth-order valence-corrected chi connectivity index (χ4v) is 4.27. The average molecular weight is 403 g/mol. The third-order valence-corrected chi connectivity index (χ3v) is 6.41. The summed E-state index contributed by atoms with van der Waals surface area (Å²) in [6, 6.07) is 11.8. The summed E-state index contributed by atoms with van der Waals surface area (Å²) in [7, 11) is 0. The molecule has 0 radical (unpaired) electrons. The van der Waals surface area contributed by atoms with Gasteiger partial charge in [-0.2, -0.15) is 0 Å². The van der Waals surface area contributed by atoms with Crippen LogP contribution in [-0.4, -0.2) is 15.3 Å². The summed E-state index contributed by atoms with van der Waals surface area (Å²) in [4.78, 5) is 31.1. The molecule has 4 nitrogen and oxygen atoms in total. The van der Waals surface area contributed by atoms with Gasteiger partial charge in [0.2, 0.25) is 0 Å². The Morgan fingerprint density at radius 3 is 2.34 bits per heavy atom. The van der Waals surface area contributed by atoms with Crippen molar-refractivity contribution in [1.82, 2.24) is 9.55 Å². The number of carbonyl (C=O) groups excluding carboxylic acids is 1. The number of benzene rings is 2. The van der Waals surface area contributed by atoms with Crippen molar-refractivity contribution in [2.45, 2.75) is 34.2 Å². The van der Waals surface area contributed by atoms with E-state index in [0.717, 1.165) is 22.3 Å². The fraction of sp³-hybridized carbons (Fsp3) is 0.208. The SMILES string of the molecule is Cc1ccc(C(=O)Cn2cnc3scc(-c4ccc(C)c(C)c4)c3c2=O)cc1C. The van der Waals surface area contributed by atoms with Crippen molar-refractivity contribution in [2.75, 3.05) is 0 Å². The minimum absolute atomic E-state index is 0.0213. The lowest BCUT2D eigenvalue weighted by Crippen LogP contribution is -2.24. The molecule has 0 aliphatic carbocycles. The maximum atomic E-state index is 13.2. The predicted molar refractivity (Wildman–Crippen MR) is 119 cm³/mol. The first kappa shape index (κ1) is 19.3. The lowest BCUT2D eigenvalue weighted by atomic mass is 10.0.